The Hall–Kier alpha value is -2.15. The SMILES string of the molecule is Cc1ccc(F)cc1NS(=O)(=O)c1cc(N)cc(F)c1C. The number of aryl methyl sites for hydroxylation is 1. The van der Waals surface area contributed by atoms with Crippen LogP contribution >= 0.6 is 0 Å². The molecule has 0 aromatic heterocycles. The van der Waals surface area contributed by atoms with E-state index in [0.29, 0.717) is 5.56 Å². The number of anilines is 2. The summed E-state index contributed by atoms with van der Waals surface area (Å²) in [6, 6.07) is 5.93. The van der Waals surface area contributed by atoms with E-state index in [9.17, 15) is 17.2 Å². The second-order valence-corrected chi connectivity index (χ2v) is 6.34. The quantitative estimate of drug-likeness (QED) is 0.856. The standard InChI is InChI=1S/C14H14F2N2O2S/c1-8-3-4-10(15)5-13(8)18-21(19,20)14-7-11(17)6-12(16)9(14)2/h3-7,18H,17H2,1-2H3. The first kappa shape index (κ1) is 15.2. The van der Waals surface area contributed by atoms with Crippen LogP contribution in [0.4, 0.5) is 20.2 Å². The van der Waals surface area contributed by atoms with Gasteiger partial charge in [-0.15, -0.1) is 0 Å². The van der Waals surface area contributed by atoms with E-state index in [4.69, 9.17) is 5.73 Å². The maximum Gasteiger partial charge on any atom is 0.262 e. The van der Waals surface area contributed by atoms with E-state index in [2.05, 4.69) is 4.72 Å². The van der Waals surface area contributed by atoms with Crippen LogP contribution in [0.5, 0.6) is 0 Å². The Kier molecular flexibility index (Phi) is 3.87. The molecule has 0 heterocycles. The fourth-order valence-electron chi connectivity index (χ4n) is 1.86. The summed E-state index contributed by atoms with van der Waals surface area (Å²) in [6.45, 7) is 2.96. The summed E-state index contributed by atoms with van der Waals surface area (Å²) in [6.07, 6.45) is 0. The number of benzene rings is 2. The van der Waals surface area contributed by atoms with Crippen LogP contribution in [0.15, 0.2) is 35.2 Å². The first-order chi connectivity index (χ1) is 9.70. The molecule has 0 aliphatic carbocycles. The Balaban J connectivity index is 2.51. The Labute approximate surface area is 121 Å². The van der Waals surface area contributed by atoms with Gasteiger partial charge in [0.1, 0.15) is 11.6 Å². The molecule has 0 aliphatic rings. The van der Waals surface area contributed by atoms with Crippen molar-refractivity contribution in [2.45, 2.75) is 18.7 Å². The van der Waals surface area contributed by atoms with E-state index in [-0.39, 0.29) is 21.8 Å². The van der Waals surface area contributed by atoms with Crippen molar-refractivity contribution in [3.05, 3.63) is 53.1 Å². The molecular weight excluding hydrogens is 298 g/mol. The molecule has 0 atom stereocenters. The second kappa shape index (κ2) is 5.33. The van der Waals surface area contributed by atoms with Gasteiger partial charge >= 0.3 is 0 Å². The van der Waals surface area contributed by atoms with Crippen LogP contribution in [-0.2, 0) is 10.0 Å². The van der Waals surface area contributed by atoms with Crippen molar-refractivity contribution in [3.8, 4) is 0 Å². The van der Waals surface area contributed by atoms with Gasteiger partial charge in [-0.2, -0.15) is 0 Å². The summed E-state index contributed by atoms with van der Waals surface area (Å²) in [4.78, 5) is -0.274. The van der Waals surface area contributed by atoms with Crippen molar-refractivity contribution in [3.63, 3.8) is 0 Å². The van der Waals surface area contributed by atoms with Crippen LogP contribution in [0.3, 0.4) is 0 Å². The van der Waals surface area contributed by atoms with Gasteiger partial charge in [0, 0.05) is 11.3 Å². The van der Waals surface area contributed by atoms with Crippen molar-refractivity contribution in [2.75, 3.05) is 10.5 Å². The molecule has 0 saturated carbocycles. The molecule has 0 unspecified atom stereocenters. The number of halogens is 2. The molecule has 0 saturated heterocycles. The van der Waals surface area contributed by atoms with Crippen LogP contribution < -0.4 is 10.5 Å². The number of nitrogens with two attached hydrogens (primary N) is 1. The van der Waals surface area contributed by atoms with E-state index in [1.807, 2.05) is 0 Å². The van der Waals surface area contributed by atoms with Gasteiger partial charge in [-0.1, -0.05) is 6.07 Å². The molecule has 112 valence electrons. The molecule has 0 spiro atoms. The van der Waals surface area contributed by atoms with Crippen molar-refractivity contribution in [2.24, 2.45) is 0 Å². The zero-order valence-electron chi connectivity index (χ0n) is 11.4. The smallest absolute Gasteiger partial charge is 0.262 e. The molecule has 4 nitrogen and oxygen atoms in total. The van der Waals surface area contributed by atoms with E-state index in [1.54, 1.807) is 6.92 Å². The molecule has 7 heteroatoms. The lowest BCUT2D eigenvalue weighted by Gasteiger charge is -2.13. The molecule has 0 radical (unpaired) electrons. The number of nitrogens with one attached hydrogen (secondary N) is 1. The lowest BCUT2D eigenvalue weighted by atomic mass is 10.2. The van der Waals surface area contributed by atoms with Gasteiger partial charge in [-0.3, -0.25) is 4.72 Å². The number of rotatable bonds is 3. The van der Waals surface area contributed by atoms with Gasteiger partial charge in [0.2, 0.25) is 0 Å². The van der Waals surface area contributed by atoms with Crippen LogP contribution in [0.25, 0.3) is 0 Å². The largest absolute Gasteiger partial charge is 0.399 e. The average Bonchev–Trinajstić information content (AvgIpc) is 2.37. The summed E-state index contributed by atoms with van der Waals surface area (Å²) in [5.74, 6) is -1.29. The minimum absolute atomic E-state index is 0.00515. The van der Waals surface area contributed by atoms with Gasteiger partial charge in [0.05, 0.1) is 10.6 Å². The number of hydrogen-bond acceptors (Lipinski definition) is 3. The third kappa shape index (κ3) is 3.13. The van der Waals surface area contributed by atoms with Crippen LogP contribution in [0.2, 0.25) is 0 Å². The first-order valence-electron chi connectivity index (χ1n) is 6.05. The third-order valence-corrected chi connectivity index (χ3v) is 4.54. The highest BCUT2D eigenvalue weighted by atomic mass is 32.2. The normalized spacial score (nSPS) is 11.4. The summed E-state index contributed by atoms with van der Waals surface area (Å²) in [7, 11) is -4.06. The van der Waals surface area contributed by atoms with Gasteiger partial charge in [-0.25, -0.2) is 17.2 Å². The number of sulfonamides is 1. The molecule has 2 rings (SSSR count). The Morgan fingerprint density at radius 3 is 2.43 bits per heavy atom. The van der Waals surface area contributed by atoms with E-state index in [0.717, 1.165) is 18.2 Å². The Bertz CT molecular complexity index is 805. The molecule has 21 heavy (non-hydrogen) atoms. The lowest BCUT2D eigenvalue weighted by Crippen LogP contribution is -2.16. The average molecular weight is 312 g/mol. The van der Waals surface area contributed by atoms with Crippen molar-refractivity contribution in [1.29, 1.82) is 0 Å². The van der Waals surface area contributed by atoms with Crippen molar-refractivity contribution < 1.29 is 17.2 Å². The van der Waals surface area contributed by atoms with Gasteiger partial charge in [0.15, 0.2) is 0 Å². The predicted molar refractivity (Wildman–Crippen MR) is 77.5 cm³/mol. The van der Waals surface area contributed by atoms with Crippen LogP contribution in [0.1, 0.15) is 11.1 Å². The lowest BCUT2D eigenvalue weighted by molar-refractivity contribution is 0.591. The highest BCUT2D eigenvalue weighted by Gasteiger charge is 2.21. The number of nitrogen functional groups attached to an aromatic ring is 1. The molecule has 2 aromatic rings. The molecule has 0 fully saturated rings. The van der Waals surface area contributed by atoms with E-state index < -0.39 is 21.7 Å². The maximum atomic E-state index is 13.6. The second-order valence-electron chi connectivity index (χ2n) is 4.69. The number of hydrogen-bond donors (Lipinski definition) is 2. The van der Waals surface area contributed by atoms with Crippen molar-refractivity contribution >= 4 is 21.4 Å². The Morgan fingerprint density at radius 1 is 1.10 bits per heavy atom. The summed E-state index contributed by atoms with van der Waals surface area (Å²) >= 11 is 0. The highest BCUT2D eigenvalue weighted by molar-refractivity contribution is 7.92. The summed E-state index contributed by atoms with van der Waals surface area (Å²) < 4.78 is 53.8. The molecule has 0 aliphatic heterocycles. The molecule has 2 aromatic carbocycles. The predicted octanol–water partition coefficient (Wildman–Crippen LogP) is 2.96. The topological polar surface area (TPSA) is 72.2 Å². The molecular formula is C14H14F2N2O2S. The van der Waals surface area contributed by atoms with Gasteiger partial charge in [-0.05, 0) is 43.7 Å². The Morgan fingerprint density at radius 2 is 1.76 bits per heavy atom. The molecule has 3 N–H and O–H groups in total. The molecule has 0 bridgehead atoms. The molecule has 0 amide bonds. The van der Waals surface area contributed by atoms with E-state index in [1.165, 1.54) is 19.1 Å². The zero-order chi connectivity index (χ0) is 15.8. The van der Waals surface area contributed by atoms with Crippen LogP contribution in [0, 0.1) is 25.5 Å². The fourth-order valence-corrected chi connectivity index (χ4v) is 3.27. The van der Waals surface area contributed by atoms with Crippen molar-refractivity contribution in [1.82, 2.24) is 0 Å². The zero-order valence-corrected chi connectivity index (χ0v) is 12.3. The maximum absolute atomic E-state index is 13.6. The summed E-state index contributed by atoms with van der Waals surface area (Å²) in [5.41, 5.74) is 6.06. The minimum Gasteiger partial charge on any atom is -0.399 e. The highest BCUT2D eigenvalue weighted by Crippen LogP contribution is 2.25. The van der Waals surface area contributed by atoms with Gasteiger partial charge < -0.3 is 5.73 Å². The monoisotopic (exact) mass is 312 g/mol. The van der Waals surface area contributed by atoms with Gasteiger partial charge in [0.25, 0.3) is 10.0 Å². The third-order valence-electron chi connectivity index (χ3n) is 3.05. The van der Waals surface area contributed by atoms with Crippen LogP contribution in [-0.4, -0.2) is 8.42 Å². The first-order valence-corrected chi connectivity index (χ1v) is 7.53. The van der Waals surface area contributed by atoms with E-state index >= 15 is 0 Å². The fraction of sp³-hybridized carbons (Fsp3) is 0.143. The summed E-state index contributed by atoms with van der Waals surface area (Å²) in [5, 5.41) is 0. The minimum atomic E-state index is -4.06.